The molecule has 1 aliphatic heterocycles. The number of allylic oxidation sites excluding steroid dienone is 1. The molecule has 1 atom stereocenters. The SMILES string of the molecule is CC1=C(C(=O)Nc2ccc(Cl)cc2)C(c2ccc(Cl)cc2)n2ncnc2N1. The number of carbonyl (C=O) groups is 1. The first-order valence-electron chi connectivity index (χ1n) is 8.22. The molecule has 2 heterocycles. The van der Waals surface area contributed by atoms with Crippen LogP contribution in [-0.2, 0) is 4.79 Å². The molecule has 8 heteroatoms. The van der Waals surface area contributed by atoms with E-state index in [2.05, 4.69) is 20.7 Å². The Morgan fingerprint density at radius 3 is 2.37 bits per heavy atom. The van der Waals surface area contributed by atoms with Crippen molar-refractivity contribution in [1.29, 1.82) is 0 Å². The monoisotopic (exact) mass is 399 g/mol. The van der Waals surface area contributed by atoms with Crippen LogP contribution in [0.5, 0.6) is 0 Å². The van der Waals surface area contributed by atoms with E-state index >= 15 is 0 Å². The van der Waals surface area contributed by atoms with E-state index in [1.807, 2.05) is 19.1 Å². The number of nitrogens with one attached hydrogen (secondary N) is 2. The molecule has 0 bridgehead atoms. The maximum Gasteiger partial charge on any atom is 0.255 e. The second-order valence-electron chi connectivity index (χ2n) is 6.11. The maximum absolute atomic E-state index is 13.1. The van der Waals surface area contributed by atoms with Gasteiger partial charge in [-0.1, -0.05) is 35.3 Å². The number of hydrogen-bond acceptors (Lipinski definition) is 4. The fourth-order valence-corrected chi connectivity index (χ4v) is 3.32. The summed E-state index contributed by atoms with van der Waals surface area (Å²) in [7, 11) is 0. The van der Waals surface area contributed by atoms with Gasteiger partial charge < -0.3 is 10.6 Å². The molecule has 0 aliphatic carbocycles. The predicted octanol–water partition coefficient (Wildman–Crippen LogP) is 4.51. The van der Waals surface area contributed by atoms with E-state index in [0.717, 1.165) is 5.56 Å². The zero-order valence-electron chi connectivity index (χ0n) is 14.3. The van der Waals surface area contributed by atoms with E-state index in [0.29, 0.717) is 33.0 Å². The Kier molecular flexibility index (Phi) is 4.59. The third-order valence-electron chi connectivity index (χ3n) is 4.33. The van der Waals surface area contributed by atoms with Crippen molar-refractivity contribution in [3.8, 4) is 0 Å². The Morgan fingerprint density at radius 1 is 1.07 bits per heavy atom. The average molecular weight is 400 g/mol. The number of rotatable bonds is 3. The average Bonchev–Trinajstić information content (AvgIpc) is 3.11. The molecule has 3 aromatic rings. The molecule has 27 heavy (non-hydrogen) atoms. The quantitative estimate of drug-likeness (QED) is 0.679. The van der Waals surface area contributed by atoms with Crippen LogP contribution in [0.1, 0.15) is 18.5 Å². The van der Waals surface area contributed by atoms with Gasteiger partial charge in [-0.05, 0) is 48.9 Å². The van der Waals surface area contributed by atoms with Crippen LogP contribution < -0.4 is 10.6 Å². The van der Waals surface area contributed by atoms with Crippen molar-refractivity contribution in [2.24, 2.45) is 0 Å². The number of fused-ring (bicyclic) bond motifs is 1. The molecule has 0 spiro atoms. The topological polar surface area (TPSA) is 71.8 Å². The lowest BCUT2D eigenvalue weighted by atomic mass is 9.95. The molecule has 0 fully saturated rings. The predicted molar refractivity (Wildman–Crippen MR) is 106 cm³/mol. The summed E-state index contributed by atoms with van der Waals surface area (Å²) in [4.78, 5) is 17.3. The molecule has 0 radical (unpaired) electrons. The van der Waals surface area contributed by atoms with Gasteiger partial charge >= 0.3 is 0 Å². The summed E-state index contributed by atoms with van der Waals surface area (Å²) in [6.45, 7) is 1.85. The van der Waals surface area contributed by atoms with Crippen molar-refractivity contribution in [3.05, 3.63) is 81.7 Å². The van der Waals surface area contributed by atoms with E-state index in [9.17, 15) is 4.79 Å². The number of halogens is 2. The van der Waals surface area contributed by atoms with E-state index in [4.69, 9.17) is 23.2 Å². The van der Waals surface area contributed by atoms with Crippen LogP contribution in [0, 0.1) is 0 Å². The number of nitrogens with zero attached hydrogens (tertiary/aromatic N) is 3. The fourth-order valence-electron chi connectivity index (χ4n) is 3.07. The van der Waals surface area contributed by atoms with Gasteiger partial charge in [0, 0.05) is 21.4 Å². The molecule has 1 unspecified atom stereocenters. The molecule has 0 saturated carbocycles. The first-order chi connectivity index (χ1) is 13.0. The van der Waals surface area contributed by atoms with Crippen LogP contribution in [0.2, 0.25) is 10.0 Å². The van der Waals surface area contributed by atoms with Crippen molar-refractivity contribution in [3.63, 3.8) is 0 Å². The molecule has 2 N–H and O–H groups in total. The number of benzene rings is 2. The van der Waals surface area contributed by atoms with Gasteiger partial charge in [-0.2, -0.15) is 10.1 Å². The van der Waals surface area contributed by atoms with Crippen molar-refractivity contribution in [2.75, 3.05) is 10.6 Å². The zero-order valence-corrected chi connectivity index (χ0v) is 15.8. The van der Waals surface area contributed by atoms with E-state index in [1.165, 1.54) is 6.33 Å². The highest BCUT2D eigenvalue weighted by Crippen LogP contribution is 2.35. The summed E-state index contributed by atoms with van der Waals surface area (Å²) >= 11 is 11.9. The van der Waals surface area contributed by atoms with Crippen molar-refractivity contribution >= 4 is 40.7 Å². The first-order valence-corrected chi connectivity index (χ1v) is 8.98. The molecular weight excluding hydrogens is 385 g/mol. The lowest BCUT2D eigenvalue weighted by Crippen LogP contribution is -2.31. The van der Waals surface area contributed by atoms with Crippen LogP contribution in [-0.4, -0.2) is 20.7 Å². The van der Waals surface area contributed by atoms with Crippen LogP contribution in [0.4, 0.5) is 11.6 Å². The highest BCUT2D eigenvalue weighted by atomic mass is 35.5. The minimum atomic E-state index is -0.423. The summed E-state index contributed by atoms with van der Waals surface area (Å²) in [5.74, 6) is 0.346. The minimum absolute atomic E-state index is 0.233. The summed E-state index contributed by atoms with van der Waals surface area (Å²) in [6.07, 6.45) is 1.46. The molecule has 0 saturated heterocycles. The van der Waals surface area contributed by atoms with Gasteiger partial charge in [0.05, 0.1) is 5.57 Å². The molecule has 4 rings (SSSR count). The molecule has 2 aromatic carbocycles. The van der Waals surface area contributed by atoms with E-state index in [1.54, 1.807) is 41.1 Å². The lowest BCUT2D eigenvalue weighted by molar-refractivity contribution is -0.113. The number of hydrogen-bond donors (Lipinski definition) is 2. The molecule has 1 aromatic heterocycles. The summed E-state index contributed by atoms with van der Waals surface area (Å²) in [6, 6.07) is 13.9. The maximum atomic E-state index is 13.1. The molecule has 6 nitrogen and oxygen atoms in total. The van der Waals surface area contributed by atoms with E-state index in [-0.39, 0.29) is 5.91 Å². The third-order valence-corrected chi connectivity index (χ3v) is 4.83. The van der Waals surface area contributed by atoms with Gasteiger partial charge in [0.15, 0.2) is 0 Å². The number of aromatic nitrogens is 3. The van der Waals surface area contributed by atoms with Crippen LogP contribution in [0.15, 0.2) is 66.1 Å². The Bertz CT molecular complexity index is 1030. The summed E-state index contributed by atoms with van der Waals surface area (Å²) in [5, 5.41) is 11.6. The number of amides is 1. The van der Waals surface area contributed by atoms with Gasteiger partial charge in [-0.3, -0.25) is 4.79 Å². The molecule has 1 amide bonds. The second-order valence-corrected chi connectivity index (χ2v) is 6.98. The van der Waals surface area contributed by atoms with Gasteiger partial charge in [-0.15, -0.1) is 0 Å². The van der Waals surface area contributed by atoms with Gasteiger partial charge in [-0.25, -0.2) is 4.68 Å². The zero-order chi connectivity index (χ0) is 19.0. The first kappa shape index (κ1) is 17.6. The highest BCUT2D eigenvalue weighted by molar-refractivity contribution is 6.30. The summed E-state index contributed by atoms with van der Waals surface area (Å²) in [5.41, 5.74) is 2.80. The van der Waals surface area contributed by atoms with E-state index < -0.39 is 6.04 Å². The Labute approximate surface area is 165 Å². The number of anilines is 2. The normalized spacial score (nSPS) is 15.9. The standard InChI is InChI=1S/C19H15Cl2N5O/c1-11-16(18(27)25-15-8-6-14(21)7-9-15)17(12-2-4-13(20)5-3-12)26-19(24-11)22-10-23-26/h2-10,17H,1H3,(H,25,27)(H,22,23,24). The van der Waals surface area contributed by atoms with Crippen molar-refractivity contribution in [2.45, 2.75) is 13.0 Å². The fraction of sp³-hybridized carbons (Fsp3) is 0.105. The minimum Gasteiger partial charge on any atom is -0.328 e. The molecular formula is C19H15Cl2N5O. The second kappa shape index (κ2) is 7.06. The van der Waals surface area contributed by atoms with Crippen molar-refractivity contribution < 1.29 is 4.79 Å². The smallest absolute Gasteiger partial charge is 0.255 e. The third kappa shape index (κ3) is 3.41. The molecule has 1 aliphatic rings. The summed E-state index contributed by atoms with van der Waals surface area (Å²) < 4.78 is 1.69. The van der Waals surface area contributed by atoms with Gasteiger partial charge in [0.25, 0.3) is 5.91 Å². The Morgan fingerprint density at radius 2 is 1.70 bits per heavy atom. The van der Waals surface area contributed by atoms with Crippen LogP contribution in [0.3, 0.4) is 0 Å². The Balaban J connectivity index is 1.74. The lowest BCUT2D eigenvalue weighted by Gasteiger charge is -2.28. The number of carbonyl (C=O) groups excluding carboxylic acids is 1. The van der Waals surface area contributed by atoms with Crippen LogP contribution in [0.25, 0.3) is 0 Å². The highest BCUT2D eigenvalue weighted by Gasteiger charge is 2.33. The Hall–Kier alpha value is -2.83. The largest absolute Gasteiger partial charge is 0.328 e. The molecule has 136 valence electrons. The van der Waals surface area contributed by atoms with Gasteiger partial charge in [0.2, 0.25) is 5.95 Å². The van der Waals surface area contributed by atoms with Gasteiger partial charge in [0.1, 0.15) is 12.4 Å². The van der Waals surface area contributed by atoms with Crippen molar-refractivity contribution in [1.82, 2.24) is 14.8 Å². The van der Waals surface area contributed by atoms with Crippen LogP contribution >= 0.6 is 23.2 Å².